The van der Waals surface area contributed by atoms with Crippen LogP contribution < -0.4 is 0 Å². The summed E-state index contributed by atoms with van der Waals surface area (Å²) >= 11 is 0. The summed E-state index contributed by atoms with van der Waals surface area (Å²) in [6, 6.07) is 7.06. The minimum atomic E-state index is -1.63. The average Bonchev–Trinajstić information content (AvgIpc) is 2.35. The molecule has 0 amide bonds. The molecule has 0 aromatic heterocycles. The zero-order valence-corrected chi connectivity index (χ0v) is 12.5. The van der Waals surface area contributed by atoms with Crippen LogP contribution in [0.4, 0.5) is 0 Å². The van der Waals surface area contributed by atoms with Crippen LogP contribution in [0.25, 0.3) is 0 Å². The summed E-state index contributed by atoms with van der Waals surface area (Å²) in [5.41, 5.74) is -0.228. The van der Waals surface area contributed by atoms with E-state index in [4.69, 9.17) is 4.74 Å². The van der Waals surface area contributed by atoms with E-state index in [2.05, 4.69) is 0 Å². The molecule has 1 atom stereocenters. The second-order valence-corrected chi connectivity index (χ2v) is 5.40. The standard InChI is InChI=1S/C16H22O4/c1-5-20-15(19)16(14(17)18,10-11(2)3)13-8-6-7-12(4)9-13/h6-9,11H,5,10H2,1-4H3,(H,17,18). The van der Waals surface area contributed by atoms with Crippen molar-refractivity contribution in [2.24, 2.45) is 5.92 Å². The molecule has 1 rings (SSSR count). The summed E-state index contributed by atoms with van der Waals surface area (Å²) in [6.07, 6.45) is 0.213. The molecular weight excluding hydrogens is 256 g/mol. The van der Waals surface area contributed by atoms with Crippen LogP contribution in [0.15, 0.2) is 24.3 Å². The molecule has 1 N–H and O–H groups in total. The fourth-order valence-electron chi connectivity index (χ4n) is 2.39. The van der Waals surface area contributed by atoms with Gasteiger partial charge in [0, 0.05) is 0 Å². The highest BCUT2D eigenvalue weighted by Gasteiger charge is 2.49. The van der Waals surface area contributed by atoms with Crippen molar-refractivity contribution in [1.29, 1.82) is 0 Å². The molecule has 0 bridgehead atoms. The predicted molar refractivity (Wildman–Crippen MR) is 76.6 cm³/mol. The van der Waals surface area contributed by atoms with Gasteiger partial charge in [0.15, 0.2) is 5.41 Å². The summed E-state index contributed by atoms with van der Waals surface area (Å²) in [4.78, 5) is 24.2. The van der Waals surface area contributed by atoms with Crippen molar-refractivity contribution in [2.75, 3.05) is 6.61 Å². The molecule has 0 saturated heterocycles. The van der Waals surface area contributed by atoms with Gasteiger partial charge in [-0.15, -0.1) is 0 Å². The third-order valence-electron chi connectivity index (χ3n) is 3.21. The van der Waals surface area contributed by atoms with Crippen molar-refractivity contribution in [1.82, 2.24) is 0 Å². The summed E-state index contributed by atoms with van der Waals surface area (Å²) in [6.45, 7) is 7.50. The third-order valence-corrected chi connectivity index (χ3v) is 3.21. The molecule has 0 fully saturated rings. The molecule has 4 heteroatoms. The van der Waals surface area contributed by atoms with Gasteiger partial charge in [-0.3, -0.25) is 9.59 Å². The summed E-state index contributed by atoms with van der Waals surface area (Å²) in [7, 11) is 0. The second kappa shape index (κ2) is 6.55. The first-order valence-electron chi connectivity index (χ1n) is 6.82. The van der Waals surface area contributed by atoms with Gasteiger partial charge in [-0.05, 0) is 31.7 Å². The smallest absolute Gasteiger partial charge is 0.328 e. The Morgan fingerprint density at radius 3 is 2.45 bits per heavy atom. The molecule has 110 valence electrons. The van der Waals surface area contributed by atoms with Crippen molar-refractivity contribution < 1.29 is 19.4 Å². The molecule has 1 aromatic rings. The van der Waals surface area contributed by atoms with E-state index in [1.807, 2.05) is 26.8 Å². The van der Waals surface area contributed by atoms with Gasteiger partial charge in [0.2, 0.25) is 0 Å². The quantitative estimate of drug-likeness (QED) is 0.642. The van der Waals surface area contributed by atoms with Crippen molar-refractivity contribution >= 4 is 11.9 Å². The number of hydrogen-bond donors (Lipinski definition) is 1. The summed E-state index contributed by atoms with van der Waals surface area (Å²) in [5.74, 6) is -1.79. The maximum atomic E-state index is 12.4. The lowest BCUT2D eigenvalue weighted by Gasteiger charge is -2.29. The predicted octanol–water partition coefficient (Wildman–Crippen LogP) is 2.93. The number of hydrogen-bond acceptors (Lipinski definition) is 3. The molecular formula is C16H22O4. The highest BCUT2D eigenvalue weighted by molar-refractivity contribution is 6.05. The number of rotatable bonds is 6. The minimum Gasteiger partial charge on any atom is -0.480 e. The first-order valence-corrected chi connectivity index (χ1v) is 6.82. The maximum Gasteiger partial charge on any atom is 0.328 e. The molecule has 0 aliphatic carbocycles. The molecule has 0 radical (unpaired) electrons. The zero-order valence-electron chi connectivity index (χ0n) is 12.5. The van der Waals surface area contributed by atoms with Gasteiger partial charge in [0.05, 0.1) is 6.61 Å². The van der Waals surface area contributed by atoms with Gasteiger partial charge in [-0.1, -0.05) is 43.7 Å². The molecule has 4 nitrogen and oxygen atoms in total. The highest BCUT2D eigenvalue weighted by atomic mass is 16.5. The van der Waals surface area contributed by atoms with Crippen molar-refractivity contribution in [3.63, 3.8) is 0 Å². The van der Waals surface area contributed by atoms with Crippen LogP contribution in [0.2, 0.25) is 0 Å². The number of carbonyl (C=O) groups is 2. The molecule has 0 heterocycles. The Labute approximate surface area is 119 Å². The number of esters is 1. The molecule has 0 saturated carbocycles. The SMILES string of the molecule is CCOC(=O)C(CC(C)C)(C(=O)O)c1cccc(C)c1. The highest BCUT2D eigenvalue weighted by Crippen LogP contribution is 2.34. The lowest BCUT2D eigenvalue weighted by Crippen LogP contribution is -2.46. The molecule has 1 unspecified atom stereocenters. The van der Waals surface area contributed by atoms with Crippen LogP contribution in [0.3, 0.4) is 0 Å². The number of aliphatic carboxylic acids is 1. The van der Waals surface area contributed by atoms with Crippen molar-refractivity contribution in [3.05, 3.63) is 35.4 Å². The van der Waals surface area contributed by atoms with E-state index in [9.17, 15) is 14.7 Å². The van der Waals surface area contributed by atoms with Gasteiger partial charge in [-0.2, -0.15) is 0 Å². The average molecular weight is 278 g/mol. The minimum absolute atomic E-state index is 0.0519. The first-order chi connectivity index (χ1) is 9.34. The Hall–Kier alpha value is -1.84. The number of carbonyl (C=O) groups excluding carboxylic acids is 1. The number of benzene rings is 1. The van der Waals surface area contributed by atoms with E-state index in [0.717, 1.165) is 5.56 Å². The number of ether oxygens (including phenoxy) is 1. The zero-order chi connectivity index (χ0) is 15.3. The van der Waals surface area contributed by atoms with E-state index in [-0.39, 0.29) is 18.9 Å². The van der Waals surface area contributed by atoms with Crippen LogP contribution >= 0.6 is 0 Å². The van der Waals surface area contributed by atoms with Crippen LogP contribution in [-0.2, 0) is 19.7 Å². The Morgan fingerprint density at radius 2 is 2.00 bits per heavy atom. The third kappa shape index (κ3) is 3.18. The Kier molecular flexibility index (Phi) is 5.31. The first kappa shape index (κ1) is 16.2. The lowest BCUT2D eigenvalue weighted by atomic mass is 9.74. The van der Waals surface area contributed by atoms with E-state index in [0.29, 0.717) is 5.56 Å². The lowest BCUT2D eigenvalue weighted by molar-refractivity contribution is -0.162. The van der Waals surface area contributed by atoms with E-state index < -0.39 is 17.4 Å². The van der Waals surface area contributed by atoms with Gasteiger partial charge in [0.1, 0.15) is 0 Å². The number of carboxylic acid groups (broad SMARTS) is 1. The van der Waals surface area contributed by atoms with Gasteiger partial charge >= 0.3 is 11.9 Å². The van der Waals surface area contributed by atoms with Crippen molar-refractivity contribution in [2.45, 2.75) is 39.5 Å². The molecule has 1 aromatic carbocycles. The van der Waals surface area contributed by atoms with Gasteiger partial charge in [-0.25, -0.2) is 0 Å². The maximum absolute atomic E-state index is 12.4. The van der Waals surface area contributed by atoms with E-state index >= 15 is 0 Å². The van der Waals surface area contributed by atoms with E-state index in [1.54, 1.807) is 25.1 Å². The molecule has 0 aliphatic rings. The fourth-order valence-corrected chi connectivity index (χ4v) is 2.39. The Morgan fingerprint density at radius 1 is 1.35 bits per heavy atom. The largest absolute Gasteiger partial charge is 0.480 e. The second-order valence-electron chi connectivity index (χ2n) is 5.40. The Bertz CT molecular complexity index is 493. The van der Waals surface area contributed by atoms with E-state index in [1.165, 1.54) is 0 Å². The van der Waals surface area contributed by atoms with Gasteiger partial charge < -0.3 is 9.84 Å². The molecule has 0 spiro atoms. The normalized spacial score (nSPS) is 13.8. The number of aryl methyl sites for hydroxylation is 1. The topological polar surface area (TPSA) is 63.6 Å². The Balaban J connectivity index is 3.44. The fraction of sp³-hybridized carbons (Fsp3) is 0.500. The van der Waals surface area contributed by atoms with Gasteiger partial charge in [0.25, 0.3) is 0 Å². The molecule has 0 aliphatic heterocycles. The number of carboxylic acids is 1. The van der Waals surface area contributed by atoms with Crippen LogP contribution in [0, 0.1) is 12.8 Å². The van der Waals surface area contributed by atoms with Crippen LogP contribution in [-0.4, -0.2) is 23.7 Å². The monoisotopic (exact) mass is 278 g/mol. The van der Waals surface area contributed by atoms with Crippen LogP contribution in [0.5, 0.6) is 0 Å². The summed E-state index contributed by atoms with van der Waals surface area (Å²) in [5, 5.41) is 9.71. The van der Waals surface area contributed by atoms with Crippen LogP contribution in [0.1, 0.15) is 38.3 Å². The summed E-state index contributed by atoms with van der Waals surface area (Å²) < 4.78 is 5.04. The van der Waals surface area contributed by atoms with Crippen molar-refractivity contribution in [3.8, 4) is 0 Å². The molecule has 20 heavy (non-hydrogen) atoms.